The second kappa shape index (κ2) is 4.36. The van der Waals surface area contributed by atoms with Crippen molar-refractivity contribution in [1.29, 1.82) is 0 Å². The topological polar surface area (TPSA) is 0 Å². The molecule has 0 nitrogen and oxygen atoms in total. The van der Waals surface area contributed by atoms with Gasteiger partial charge in [0.1, 0.15) is 0 Å². The average molecular weight is 297 g/mol. The van der Waals surface area contributed by atoms with Gasteiger partial charge in [0.2, 0.25) is 0 Å². The van der Waals surface area contributed by atoms with Gasteiger partial charge in [0, 0.05) is 26.6 Å². The van der Waals surface area contributed by atoms with Crippen LogP contribution >= 0.6 is 0 Å². The molecule has 0 spiro atoms. The standard InChI is InChI=1S/C8H6.Pt/c1-2-8-6-4-3-5-7-8;/h1,3-7H;. The Labute approximate surface area is 69.5 Å². The predicted molar refractivity (Wildman–Crippen MR) is 34.4 cm³/mol. The summed E-state index contributed by atoms with van der Waals surface area (Å²) in [5.74, 6) is 2.53. The predicted octanol–water partition coefficient (Wildman–Crippen LogP) is 1.67. The first-order valence-corrected chi connectivity index (χ1v) is 2.45. The molecule has 48 valence electrons. The Morgan fingerprint density at radius 1 is 1.11 bits per heavy atom. The third kappa shape index (κ3) is 2.49. The van der Waals surface area contributed by atoms with Gasteiger partial charge >= 0.3 is 0 Å². The minimum atomic E-state index is 0. The maximum atomic E-state index is 5.10. The fourth-order valence-corrected chi connectivity index (χ4v) is 0.534. The molecule has 0 heterocycles. The van der Waals surface area contributed by atoms with Crippen LogP contribution in [0.4, 0.5) is 0 Å². The maximum absolute atomic E-state index is 5.10. The van der Waals surface area contributed by atoms with Gasteiger partial charge in [0.05, 0.1) is 0 Å². The second-order valence-electron chi connectivity index (χ2n) is 1.51. The van der Waals surface area contributed by atoms with Gasteiger partial charge in [-0.25, -0.2) is 0 Å². The van der Waals surface area contributed by atoms with Crippen molar-refractivity contribution < 1.29 is 21.1 Å². The molecule has 0 atom stereocenters. The van der Waals surface area contributed by atoms with Crippen molar-refractivity contribution in [2.24, 2.45) is 0 Å². The van der Waals surface area contributed by atoms with Crippen molar-refractivity contribution in [2.75, 3.05) is 0 Å². The van der Waals surface area contributed by atoms with Crippen molar-refractivity contribution in [3.63, 3.8) is 0 Å². The minimum Gasteiger partial charge on any atom is -0.115 e. The van der Waals surface area contributed by atoms with E-state index >= 15 is 0 Å². The quantitative estimate of drug-likeness (QED) is 0.639. The Morgan fingerprint density at radius 3 is 2.00 bits per heavy atom. The van der Waals surface area contributed by atoms with Crippen LogP contribution in [0, 0.1) is 12.3 Å². The van der Waals surface area contributed by atoms with Crippen LogP contribution in [0.25, 0.3) is 0 Å². The third-order valence-corrected chi connectivity index (χ3v) is 0.940. The van der Waals surface area contributed by atoms with Gasteiger partial charge in [0.15, 0.2) is 0 Å². The van der Waals surface area contributed by atoms with E-state index < -0.39 is 0 Å². The fraction of sp³-hybridized carbons (Fsp3) is 0. The Morgan fingerprint density at radius 2 is 1.67 bits per heavy atom. The smallest absolute Gasteiger partial charge is 0.0242 e. The summed E-state index contributed by atoms with van der Waals surface area (Å²) >= 11 is 0. The van der Waals surface area contributed by atoms with E-state index in [2.05, 4.69) is 5.92 Å². The van der Waals surface area contributed by atoms with Crippen LogP contribution in [0.15, 0.2) is 30.3 Å². The van der Waals surface area contributed by atoms with E-state index in [0.29, 0.717) is 0 Å². The molecule has 0 amide bonds. The summed E-state index contributed by atoms with van der Waals surface area (Å²) in [5, 5.41) is 0. The molecular formula is C8H6Pt. The number of hydrogen-bond donors (Lipinski definition) is 0. The van der Waals surface area contributed by atoms with E-state index in [1.165, 1.54) is 0 Å². The zero-order valence-electron chi connectivity index (χ0n) is 4.78. The molecule has 0 aliphatic rings. The van der Waals surface area contributed by atoms with E-state index in [4.69, 9.17) is 6.42 Å². The van der Waals surface area contributed by atoms with Crippen LogP contribution in [0.1, 0.15) is 5.56 Å². The monoisotopic (exact) mass is 297 g/mol. The first kappa shape index (κ1) is 8.47. The van der Waals surface area contributed by atoms with Crippen molar-refractivity contribution in [2.45, 2.75) is 0 Å². The van der Waals surface area contributed by atoms with Crippen molar-refractivity contribution >= 4 is 0 Å². The molecule has 0 radical (unpaired) electrons. The fourth-order valence-electron chi connectivity index (χ4n) is 0.534. The summed E-state index contributed by atoms with van der Waals surface area (Å²) in [5.41, 5.74) is 0.938. The first-order chi connectivity index (χ1) is 3.93. The Bertz CT molecular complexity index is 196. The van der Waals surface area contributed by atoms with Gasteiger partial charge in [-0.3, -0.25) is 0 Å². The normalized spacial score (nSPS) is 7.00. The van der Waals surface area contributed by atoms with Crippen LogP contribution in [0.2, 0.25) is 0 Å². The van der Waals surface area contributed by atoms with Crippen LogP contribution in [0.5, 0.6) is 0 Å². The van der Waals surface area contributed by atoms with Gasteiger partial charge in [-0.15, -0.1) is 6.42 Å². The SMILES string of the molecule is C#Cc1ccccc1.[Pt]. The van der Waals surface area contributed by atoms with Gasteiger partial charge < -0.3 is 0 Å². The molecule has 1 heteroatoms. The van der Waals surface area contributed by atoms with Crippen molar-refractivity contribution in [3.8, 4) is 12.3 Å². The molecule has 0 aromatic heterocycles. The van der Waals surface area contributed by atoms with E-state index in [1.807, 2.05) is 30.3 Å². The minimum absolute atomic E-state index is 0. The molecule has 9 heavy (non-hydrogen) atoms. The number of terminal acetylenes is 1. The maximum Gasteiger partial charge on any atom is 0.0242 e. The third-order valence-electron chi connectivity index (χ3n) is 0.940. The summed E-state index contributed by atoms with van der Waals surface area (Å²) in [6.45, 7) is 0. The van der Waals surface area contributed by atoms with Crippen molar-refractivity contribution in [1.82, 2.24) is 0 Å². The molecule has 0 N–H and O–H groups in total. The van der Waals surface area contributed by atoms with Crippen molar-refractivity contribution in [3.05, 3.63) is 35.9 Å². The van der Waals surface area contributed by atoms with Gasteiger partial charge in [-0.2, -0.15) is 0 Å². The zero-order valence-corrected chi connectivity index (χ0v) is 7.05. The number of benzene rings is 1. The molecular weight excluding hydrogens is 291 g/mol. The molecule has 1 aromatic carbocycles. The molecule has 0 saturated heterocycles. The van der Waals surface area contributed by atoms with Crippen LogP contribution < -0.4 is 0 Å². The molecule has 0 aliphatic heterocycles. The largest absolute Gasteiger partial charge is 0.115 e. The average Bonchev–Trinajstić information content (AvgIpc) is 1.90. The van der Waals surface area contributed by atoms with Crippen LogP contribution in [-0.4, -0.2) is 0 Å². The molecule has 0 bridgehead atoms. The summed E-state index contributed by atoms with van der Waals surface area (Å²) in [4.78, 5) is 0. The molecule has 0 aliphatic carbocycles. The van der Waals surface area contributed by atoms with E-state index in [-0.39, 0.29) is 21.1 Å². The number of hydrogen-bond acceptors (Lipinski definition) is 0. The van der Waals surface area contributed by atoms with E-state index in [0.717, 1.165) is 5.56 Å². The number of rotatable bonds is 0. The zero-order chi connectivity index (χ0) is 5.82. The Balaban J connectivity index is 0.000000640. The van der Waals surface area contributed by atoms with E-state index in [1.54, 1.807) is 0 Å². The second-order valence-corrected chi connectivity index (χ2v) is 1.51. The summed E-state index contributed by atoms with van der Waals surface area (Å²) < 4.78 is 0. The molecule has 0 fully saturated rings. The molecule has 0 saturated carbocycles. The first-order valence-electron chi connectivity index (χ1n) is 2.45. The Kier molecular flexibility index (Phi) is 4.10. The van der Waals surface area contributed by atoms with Crippen LogP contribution in [0.3, 0.4) is 0 Å². The summed E-state index contributed by atoms with van der Waals surface area (Å²) in [7, 11) is 0. The van der Waals surface area contributed by atoms with E-state index in [9.17, 15) is 0 Å². The Hall–Kier alpha value is -0.532. The molecule has 0 unspecified atom stereocenters. The molecule has 1 rings (SSSR count). The van der Waals surface area contributed by atoms with Crippen LogP contribution in [-0.2, 0) is 21.1 Å². The summed E-state index contributed by atoms with van der Waals surface area (Å²) in [6.07, 6.45) is 5.10. The van der Waals surface area contributed by atoms with Gasteiger partial charge in [0.25, 0.3) is 0 Å². The van der Waals surface area contributed by atoms with Gasteiger partial charge in [-0.1, -0.05) is 24.1 Å². The van der Waals surface area contributed by atoms with Gasteiger partial charge in [-0.05, 0) is 12.1 Å². The molecule has 1 aromatic rings. The summed E-state index contributed by atoms with van der Waals surface area (Å²) in [6, 6.07) is 9.60.